The number of aromatic nitrogens is 1. The molecule has 1 heterocycles. The molecule has 0 amide bonds. The van der Waals surface area contributed by atoms with Gasteiger partial charge in [-0.25, -0.2) is 4.99 Å². The lowest BCUT2D eigenvalue weighted by Crippen LogP contribution is -2.12. The second kappa shape index (κ2) is 3.89. The zero-order valence-electron chi connectivity index (χ0n) is 6.12. The third-order valence-electron chi connectivity index (χ3n) is 1.000. The number of nitrogens with one attached hydrogen (secondary N) is 1. The minimum absolute atomic E-state index is 0.651. The maximum Gasteiger partial charge on any atom is 0.222 e. The van der Waals surface area contributed by atoms with Crippen molar-refractivity contribution in [1.82, 2.24) is 10.3 Å². The van der Waals surface area contributed by atoms with Gasteiger partial charge in [-0.2, -0.15) is 4.98 Å². The Bertz CT molecular complexity index is 311. The Balaban J connectivity index is 2.87. The summed E-state index contributed by atoms with van der Waals surface area (Å²) in [6, 6.07) is 0. The highest BCUT2D eigenvalue weighted by Crippen LogP contribution is 2.21. The first-order valence-corrected chi connectivity index (χ1v) is 5.48. The second-order valence-electron chi connectivity index (χ2n) is 1.77. The lowest BCUT2D eigenvalue weighted by molar-refractivity contribution is 1.15. The van der Waals surface area contributed by atoms with Crippen molar-refractivity contribution in [2.24, 2.45) is 4.99 Å². The molecule has 1 aromatic rings. The topological polar surface area (TPSA) is 37.3 Å². The van der Waals surface area contributed by atoms with E-state index < -0.39 is 0 Å². The van der Waals surface area contributed by atoms with E-state index in [9.17, 15) is 0 Å². The highest BCUT2D eigenvalue weighted by Gasteiger charge is 1.94. The van der Waals surface area contributed by atoms with Gasteiger partial charge in [0, 0.05) is 7.05 Å². The van der Waals surface area contributed by atoms with Crippen LogP contribution in [0.2, 0.25) is 0 Å². The largest absolute Gasteiger partial charge is 0.377 e. The molecule has 0 atom stereocenters. The minimum atomic E-state index is 0.651. The zero-order valence-corrected chi connectivity index (χ0v) is 8.57. The molecule has 1 rings (SSSR count). The molecule has 0 radical (unpaired) electrons. The average Bonchev–Trinajstić information content (AvgIpc) is 2.35. The minimum Gasteiger partial charge on any atom is -0.377 e. The maximum absolute atomic E-state index is 4.85. The zero-order chi connectivity index (χ0) is 8.27. The van der Waals surface area contributed by atoms with Gasteiger partial charge >= 0.3 is 0 Å². The smallest absolute Gasteiger partial charge is 0.222 e. The number of hydrogen-bond acceptors (Lipinski definition) is 5. The van der Waals surface area contributed by atoms with E-state index in [1.54, 1.807) is 0 Å². The molecule has 1 aromatic heterocycles. The van der Waals surface area contributed by atoms with Gasteiger partial charge in [0.15, 0.2) is 3.95 Å². The standard InChI is InChI=1S/C5H7N3S3/c1-3(6-2)7-4-8-5(9)11-10-4/h1-2H3,(H,6,7,8,9). The summed E-state index contributed by atoms with van der Waals surface area (Å²) in [6.45, 7) is 1.88. The molecule has 0 fully saturated rings. The van der Waals surface area contributed by atoms with Crippen molar-refractivity contribution < 1.29 is 0 Å². The molecule has 0 aromatic carbocycles. The molecule has 0 spiro atoms. The Morgan fingerprint density at radius 3 is 2.82 bits per heavy atom. The number of hydrogen-bond donors (Lipinski definition) is 1. The van der Waals surface area contributed by atoms with Gasteiger partial charge in [-0.05, 0) is 39.8 Å². The van der Waals surface area contributed by atoms with Gasteiger partial charge in [-0.3, -0.25) is 0 Å². The van der Waals surface area contributed by atoms with Gasteiger partial charge in [0.05, 0.1) is 0 Å². The number of rotatable bonds is 1. The summed E-state index contributed by atoms with van der Waals surface area (Å²) in [6.07, 6.45) is 0. The third kappa shape index (κ3) is 2.64. The molecule has 0 saturated heterocycles. The Morgan fingerprint density at radius 2 is 2.36 bits per heavy atom. The van der Waals surface area contributed by atoms with Crippen molar-refractivity contribution in [1.29, 1.82) is 0 Å². The molecule has 6 heteroatoms. The van der Waals surface area contributed by atoms with Crippen molar-refractivity contribution in [3.8, 4) is 0 Å². The first-order valence-electron chi connectivity index (χ1n) is 2.92. The van der Waals surface area contributed by atoms with Gasteiger partial charge in [-0.1, -0.05) is 0 Å². The molecule has 60 valence electrons. The van der Waals surface area contributed by atoms with E-state index >= 15 is 0 Å². The summed E-state index contributed by atoms with van der Waals surface area (Å²) in [5.74, 6) is 0.849. The van der Waals surface area contributed by atoms with E-state index in [4.69, 9.17) is 12.2 Å². The van der Waals surface area contributed by atoms with Crippen LogP contribution in [-0.2, 0) is 0 Å². The van der Waals surface area contributed by atoms with E-state index in [2.05, 4.69) is 15.3 Å². The molecule has 3 nitrogen and oxygen atoms in total. The quantitative estimate of drug-likeness (QED) is 0.330. The lowest BCUT2D eigenvalue weighted by atomic mass is 10.7. The van der Waals surface area contributed by atoms with Crippen LogP contribution in [0, 0.1) is 3.95 Å². The van der Waals surface area contributed by atoms with Crippen molar-refractivity contribution in [3.05, 3.63) is 3.95 Å². The van der Waals surface area contributed by atoms with E-state index in [0.29, 0.717) is 3.95 Å². The van der Waals surface area contributed by atoms with Crippen molar-refractivity contribution >= 4 is 43.9 Å². The van der Waals surface area contributed by atoms with Gasteiger partial charge in [0.25, 0.3) is 0 Å². The Labute approximate surface area is 77.2 Å². The molecular formula is C5H7N3S3. The number of nitrogens with zero attached hydrogens (tertiary/aromatic N) is 2. The van der Waals surface area contributed by atoms with Crippen LogP contribution in [0.4, 0.5) is 5.13 Å². The maximum atomic E-state index is 4.85. The molecule has 11 heavy (non-hydrogen) atoms. The highest BCUT2D eigenvalue weighted by atomic mass is 32.9. The summed E-state index contributed by atoms with van der Waals surface area (Å²) < 4.78 is 0.651. The summed E-state index contributed by atoms with van der Waals surface area (Å²) in [7, 11) is 4.78. The number of aliphatic imine (C=N–C) groups is 1. The van der Waals surface area contributed by atoms with Crippen LogP contribution in [0.5, 0.6) is 0 Å². The molecule has 0 bridgehead atoms. The molecular weight excluding hydrogens is 198 g/mol. The average molecular weight is 205 g/mol. The Hall–Kier alpha value is -0.330. The van der Waals surface area contributed by atoms with Crippen LogP contribution in [0.3, 0.4) is 0 Å². The second-order valence-corrected chi connectivity index (χ2v) is 4.50. The van der Waals surface area contributed by atoms with Crippen molar-refractivity contribution in [3.63, 3.8) is 0 Å². The molecule has 0 aliphatic rings. The predicted octanol–water partition coefficient (Wildman–Crippen LogP) is 2.20. The van der Waals surface area contributed by atoms with Gasteiger partial charge in [0.1, 0.15) is 5.84 Å². The fourth-order valence-electron chi connectivity index (χ4n) is 0.431. The van der Waals surface area contributed by atoms with Gasteiger partial charge < -0.3 is 5.32 Å². The van der Waals surface area contributed by atoms with Crippen LogP contribution >= 0.6 is 32.9 Å². The summed E-state index contributed by atoms with van der Waals surface area (Å²) in [4.78, 5) is 8.18. The fraction of sp³-hybridized carbons (Fsp3) is 0.400. The fourth-order valence-corrected chi connectivity index (χ4v) is 2.28. The van der Waals surface area contributed by atoms with Gasteiger partial charge in [-0.15, -0.1) is 0 Å². The predicted molar refractivity (Wildman–Crippen MR) is 52.7 cm³/mol. The van der Waals surface area contributed by atoms with Crippen LogP contribution in [-0.4, -0.2) is 17.9 Å². The molecule has 0 unspecified atom stereocenters. The SMILES string of the molecule is CN/C(C)=N/c1nc(=S)ss1. The third-order valence-corrected chi connectivity index (χ3v) is 3.48. The van der Waals surface area contributed by atoms with E-state index in [1.165, 1.54) is 20.7 Å². The van der Waals surface area contributed by atoms with E-state index in [-0.39, 0.29) is 0 Å². The van der Waals surface area contributed by atoms with E-state index in [1.807, 2.05) is 14.0 Å². The van der Waals surface area contributed by atoms with E-state index in [0.717, 1.165) is 11.0 Å². The lowest BCUT2D eigenvalue weighted by Gasteiger charge is -1.92. The molecule has 1 N–H and O–H groups in total. The summed E-state index contributed by atoms with van der Waals surface area (Å²) >= 11 is 4.85. The van der Waals surface area contributed by atoms with Crippen molar-refractivity contribution in [2.75, 3.05) is 7.05 Å². The first kappa shape index (κ1) is 8.76. The molecule has 0 aliphatic carbocycles. The van der Waals surface area contributed by atoms with Crippen LogP contribution in [0.15, 0.2) is 4.99 Å². The first-order chi connectivity index (χ1) is 5.22. The van der Waals surface area contributed by atoms with Gasteiger partial charge in [0.2, 0.25) is 5.13 Å². The van der Waals surface area contributed by atoms with Crippen molar-refractivity contribution in [2.45, 2.75) is 6.92 Å². The van der Waals surface area contributed by atoms with Crippen LogP contribution < -0.4 is 5.32 Å². The summed E-state index contributed by atoms with van der Waals surface area (Å²) in [5.41, 5.74) is 0. The molecule has 0 aliphatic heterocycles. The Kier molecular flexibility index (Phi) is 3.10. The normalized spacial score (nSPS) is 11.6. The summed E-state index contributed by atoms with van der Waals surface area (Å²) in [5, 5.41) is 3.64. The van der Waals surface area contributed by atoms with Crippen LogP contribution in [0.1, 0.15) is 6.92 Å². The van der Waals surface area contributed by atoms with Crippen LogP contribution in [0.25, 0.3) is 0 Å². The monoisotopic (exact) mass is 205 g/mol. The Morgan fingerprint density at radius 1 is 1.64 bits per heavy atom. The highest BCUT2D eigenvalue weighted by molar-refractivity contribution is 7.79. The number of amidine groups is 1. The molecule has 0 saturated carbocycles.